The Morgan fingerprint density at radius 2 is 0.439 bits per heavy atom. The second-order valence-electron chi connectivity index (χ2n) is 28.6. The highest BCUT2D eigenvalue weighted by molar-refractivity contribution is 7.30. The predicted octanol–water partition coefficient (Wildman–Crippen LogP) is 34.5. The van der Waals surface area contributed by atoms with E-state index in [4.69, 9.17) is 0 Å². The molecule has 0 aliphatic heterocycles. The quantitative estimate of drug-likeness (QED) is 0.0333. The molecule has 528 valence electrons. The Bertz CT molecular complexity index is 3530. The van der Waals surface area contributed by atoms with Gasteiger partial charge in [-0.05, 0) is 191 Å². The third-order valence-electron chi connectivity index (χ3n) is 20.5. The molecular weight excluding hydrogens is 1340 g/mol. The van der Waals surface area contributed by atoms with Crippen molar-refractivity contribution in [1.29, 1.82) is 0 Å². The second-order valence-corrected chi connectivity index (χ2v) is 36.9. The molecule has 0 saturated carbocycles. The summed E-state index contributed by atoms with van der Waals surface area (Å²) < 4.78 is 0. The van der Waals surface area contributed by atoms with Gasteiger partial charge < -0.3 is 0 Å². The van der Waals surface area contributed by atoms with Crippen molar-refractivity contribution in [3.63, 3.8) is 0 Å². The molecule has 8 heteroatoms. The van der Waals surface area contributed by atoms with Gasteiger partial charge in [-0.1, -0.05) is 283 Å². The van der Waals surface area contributed by atoms with E-state index in [9.17, 15) is 0 Å². The lowest BCUT2D eigenvalue weighted by atomic mass is 10.0. The van der Waals surface area contributed by atoms with Crippen LogP contribution in [-0.4, -0.2) is 0 Å². The lowest BCUT2D eigenvalue weighted by Gasteiger charge is -2.05. The Morgan fingerprint density at radius 3 is 0.724 bits per heavy atom. The first-order chi connectivity index (χ1) is 48.5. The summed E-state index contributed by atoms with van der Waals surface area (Å²) >= 11 is 16.0. The van der Waals surface area contributed by atoms with Gasteiger partial charge in [-0.3, -0.25) is 0 Å². The molecule has 0 spiro atoms. The van der Waals surface area contributed by atoms with Crippen molar-refractivity contribution in [1.82, 2.24) is 0 Å². The van der Waals surface area contributed by atoms with Gasteiger partial charge in [0.05, 0.1) is 0 Å². The van der Waals surface area contributed by atoms with Crippen molar-refractivity contribution in [3.8, 4) is 79.4 Å². The van der Waals surface area contributed by atoms with Gasteiger partial charge in [0.1, 0.15) is 0 Å². The van der Waals surface area contributed by atoms with Crippen LogP contribution >= 0.6 is 90.7 Å². The zero-order valence-corrected chi connectivity index (χ0v) is 67.5. The summed E-state index contributed by atoms with van der Waals surface area (Å²) in [5.74, 6) is 0. The standard InChI is InChI=1S/C90H120S8/c1-5-9-13-17-21-25-29-33-37-41-45-69-61-63-91-87(69)81-57-53-77(93-81)79-55-59-83(95-79)89-75(47-43-39-35-31-27-23-19-15-11-7-3)67-85(97-89)73-51-49-72-66-74(52-50-71(72)65-73)86-68-76(48-44-40-36-32-28-24-20-16-12-8-4)90(98-86)84-60-56-80(96-84)78-54-58-82(94-78)88-70(62-64-92-88)46-42-38-34-30-26-22-18-14-10-6-2/h49-68H,5-48H2,1-4H3. The number of unbranched alkanes of at least 4 members (excludes halogenated alkanes) is 36. The van der Waals surface area contributed by atoms with Crippen molar-refractivity contribution in [2.45, 2.75) is 310 Å². The maximum absolute atomic E-state index is 2.58. The summed E-state index contributed by atoms with van der Waals surface area (Å²) in [6, 6.07) is 44.0. The number of hydrogen-bond donors (Lipinski definition) is 0. The molecule has 8 aromatic heterocycles. The fourth-order valence-electron chi connectivity index (χ4n) is 14.6. The monoisotopic (exact) mass is 1460 g/mol. The van der Waals surface area contributed by atoms with Gasteiger partial charge in [-0.25, -0.2) is 0 Å². The van der Waals surface area contributed by atoms with Crippen molar-refractivity contribution in [3.05, 3.63) is 142 Å². The van der Waals surface area contributed by atoms with Crippen LogP contribution in [0, 0.1) is 0 Å². The Labute approximate surface area is 627 Å². The van der Waals surface area contributed by atoms with Crippen LogP contribution in [-0.2, 0) is 25.7 Å². The number of rotatable bonds is 52. The minimum Gasteiger partial charge on any atom is -0.143 e. The lowest BCUT2D eigenvalue weighted by molar-refractivity contribution is 0.556. The Balaban J connectivity index is 0.821. The van der Waals surface area contributed by atoms with Crippen LogP contribution in [0.15, 0.2) is 120 Å². The third-order valence-corrected chi connectivity index (χ3v) is 30.3. The molecule has 2 aromatic carbocycles. The summed E-state index contributed by atoms with van der Waals surface area (Å²) in [5, 5.41) is 7.32. The molecule has 0 fully saturated rings. The number of benzene rings is 2. The highest BCUT2D eigenvalue weighted by Crippen LogP contribution is 2.49. The largest absolute Gasteiger partial charge is 0.143 e. The first-order valence-electron chi connectivity index (χ1n) is 39.8. The topological polar surface area (TPSA) is 0 Å². The molecule has 98 heavy (non-hydrogen) atoms. The minimum atomic E-state index is 1.15. The lowest BCUT2D eigenvalue weighted by Crippen LogP contribution is -1.87. The molecular formula is C90H120S8. The van der Waals surface area contributed by atoms with Crippen LogP contribution < -0.4 is 0 Å². The van der Waals surface area contributed by atoms with Crippen LogP contribution in [0.25, 0.3) is 90.2 Å². The van der Waals surface area contributed by atoms with E-state index in [0.29, 0.717) is 0 Å². The van der Waals surface area contributed by atoms with Gasteiger partial charge >= 0.3 is 0 Å². The van der Waals surface area contributed by atoms with Gasteiger partial charge in [-0.2, -0.15) is 0 Å². The van der Waals surface area contributed by atoms with Gasteiger partial charge in [0, 0.05) is 68.3 Å². The molecule has 0 bridgehead atoms. The highest BCUT2D eigenvalue weighted by Gasteiger charge is 2.21. The fourth-order valence-corrected chi connectivity index (χ4v) is 23.7. The second kappa shape index (κ2) is 44.1. The average molecular weight is 1460 g/mol. The molecule has 0 aliphatic carbocycles. The van der Waals surface area contributed by atoms with E-state index in [1.165, 1.54) is 371 Å². The van der Waals surface area contributed by atoms with Crippen LogP contribution in [0.5, 0.6) is 0 Å². The average Bonchev–Trinajstić information content (AvgIpc) is 1.66. The first-order valence-corrected chi connectivity index (χ1v) is 46.5. The van der Waals surface area contributed by atoms with Crippen LogP contribution in [0.1, 0.15) is 307 Å². The molecule has 0 unspecified atom stereocenters. The Morgan fingerprint density at radius 1 is 0.194 bits per heavy atom. The Hall–Kier alpha value is -3.70. The van der Waals surface area contributed by atoms with Crippen molar-refractivity contribution >= 4 is 101 Å². The number of thiophene rings is 8. The smallest absolute Gasteiger partial charge is 0.0481 e. The molecule has 0 saturated heterocycles. The molecule has 0 amide bonds. The molecule has 10 rings (SSSR count). The maximum atomic E-state index is 2.58. The van der Waals surface area contributed by atoms with E-state index in [-0.39, 0.29) is 0 Å². The van der Waals surface area contributed by atoms with E-state index in [2.05, 4.69) is 148 Å². The van der Waals surface area contributed by atoms with Crippen molar-refractivity contribution < 1.29 is 0 Å². The molecule has 10 aromatic rings. The van der Waals surface area contributed by atoms with Crippen LogP contribution in [0.2, 0.25) is 0 Å². The summed E-state index contributed by atoms with van der Waals surface area (Å²) in [4.78, 5) is 20.1. The SMILES string of the molecule is CCCCCCCCCCCCc1ccsc1-c1ccc(-c2ccc(-c3sc(-c4ccc5cc(-c6cc(CCCCCCCCCCCC)c(-c7ccc(-c8ccc(-c9sccc9CCCCCCCCCCCC)s8)s7)s6)ccc5c4)cc3CCCCCCCCCCCC)s2)s1. The predicted molar refractivity (Wildman–Crippen MR) is 453 cm³/mol. The molecule has 0 aliphatic rings. The number of fused-ring (bicyclic) bond motifs is 1. The van der Waals surface area contributed by atoms with Gasteiger partial charge in [-0.15, -0.1) is 90.7 Å². The van der Waals surface area contributed by atoms with Gasteiger partial charge in [0.15, 0.2) is 0 Å². The van der Waals surface area contributed by atoms with Gasteiger partial charge in [0.25, 0.3) is 0 Å². The van der Waals surface area contributed by atoms with E-state index in [1.807, 2.05) is 90.7 Å². The first kappa shape index (κ1) is 76.9. The van der Waals surface area contributed by atoms with E-state index < -0.39 is 0 Å². The maximum Gasteiger partial charge on any atom is 0.0481 e. The van der Waals surface area contributed by atoms with E-state index >= 15 is 0 Å². The van der Waals surface area contributed by atoms with Crippen LogP contribution in [0.3, 0.4) is 0 Å². The van der Waals surface area contributed by atoms with Crippen LogP contribution in [0.4, 0.5) is 0 Å². The summed E-state index contributed by atoms with van der Waals surface area (Å²) in [6.45, 7) is 9.27. The van der Waals surface area contributed by atoms with Crippen molar-refractivity contribution in [2.24, 2.45) is 0 Å². The molecule has 0 radical (unpaired) electrons. The normalized spacial score (nSPS) is 11.8. The number of aryl methyl sites for hydroxylation is 4. The zero-order valence-electron chi connectivity index (χ0n) is 60.9. The van der Waals surface area contributed by atoms with Crippen molar-refractivity contribution in [2.75, 3.05) is 0 Å². The summed E-state index contributed by atoms with van der Waals surface area (Å²) in [5.41, 5.74) is 8.87. The number of hydrogen-bond acceptors (Lipinski definition) is 8. The molecule has 0 N–H and O–H groups in total. The fraction of sp³-hybridized carbons (Fsp3) is 0.533. The zero-order chi connectivity index (χ0) is 67.6. The van der Waals surface area contributed by atoms with Gasteiger partial charge in [0.2, 0.25) is 0 Å². The minimum absolute atomic E-state index is 1.15. The van der Waals surface area contributed by atoms with E-state index in [1.54, 1.807) is 11.1 Å². The Kier molecular flexibility index (Phi) is 34.6. The summed E-state index contributed by atoms with van der Waals surface area (Å²) in [7, 11) is 0. The summed E-state index contributed by atoms with van der Waals surface area (Å²) in [6.07, 6.45) is 59.8. The molecule has 8 heterocycles. The molecule has 0 atom stereocenters. The molecule has 0 nitrogen and oxygen atoms in total. The van der Waals surface area contributed by atoms with E-state index in [0.717, 1.165) is 12.8 Å². The third kappa shape index (κ3) is 24.2. The highest BCUT2D eigenvalue weighted by atomic mass is 32.1.